The van der Waals surface area contributed by atoms with E-state index in [2.05, 4.69) is 15.3 Å². The van der Waals surface area contributed by atoms with Crippen LogP contribution in [0.15, 0.2) is 30.5 Å². The lowest BCUT2D eigenvalue weighted by Gasteiger charge is -2.10. The summed E-state index contributed by atoms with van der Waals surface area (Å²) in [6.45, 7) is 0. The minimum absolute atomic E-state index is 0.0307. The lowest BCUT2D eigenvalue weighted by atomic mass is 10.2. The van der Waals surface area contributed by atoms with Crippen LogP contribution in [-0.2, 0) is 0 Å². The van der Waals surface area contributed by atoms with Crippen molar-refractivity contribution in [2.75, 3.05) is 5.32 Å². The molecule has 1 fully saturated rings. The van der Waals surface area contributed by atoms with Crippen LogP contribution in [0.2, 0.25) is 5.28 Å². The molecule has 2 aromatic rings. The summed E-state index contributed by atoms with van der Waals surface area (Å²) in [7, 11) is 0. The summed E-state index contributed by atoms with van der Waals surface area (Å²) < 4.78 is 0. The van der Waals surface area contributed by atoms with Crippen LogP contribution in [0.1, 0.15) is 24.3 Å². The average Bonchev–Trinajstić information content (AvgIpc) is 3.23. The summed E-state index contributed by atoms with van der Waals surface area (Å²) in [5, 5.41) is 14.0. The molecule has 0 atom stereocenters. The van der Waals surface area contributed by atoms with E-state index in [1.54, 1.807) is 18.3 Å². The number of nitro benzene ring substituents is 1. The number of hydrogen-bond acceptors (Lipinski definition) is 5. The highest BCUT2D eigenvalue weighted by Gasteiger charge is 2.27. The number of halogens is 1. The van der Waals surface area contributed by atoms with Crippen LogP contribution < -0.4 is 5.32 Å². The van der Waals surface area contributed by atoms with Crippen molar-refractivity contribution in [3.05, 3.63) is 51.4 Å². The first-order valence-electron chi connectivity index (χ1n) is 6.17. The molecule has 1 aliphatic rings. The molecule has 7 heteroatoms. The smallest absolute Gasteiger partial charge is 0.271 e. The molecule has 1 aliphatic carbocycles. The third-order valence-electron chi connectivity index (χ3n) is 3.12. The number of benzene rings is 1. The maximum atomic E-state index is 10.8. The molecule has 6 nitrogen and oxygen atoms in total. The normalized spacial score (nSPS) is 14.1. The van der Waals surface area contributed by atoms with Crippen LogP contribution in [0.4, 0.5) is 17.2 Å². The number of nitro groups is 1. The molecule has 1 N–H and O–H groups in total. The van der Waals surface area contributed by atoms with E-state index < -0.39 is 4.92 Å². The van der Waals surface area contributed by atoms with E-state index in [0.29, 0.717) is 17.4 Å². The topological polar surface area (TPSA) is 81.0 Å². The van der Waals surface area contributed by atoms with Gasteiger partial charge in [-0.1, -0.05) is 6.07 Å². The third-order valence-corrected chi connectivity index (χ3v) is 3.31. The van der Waals surface area contributed by atoms with E-state index in [1.807, 2.05) is 0 Å². The van der Waals surface area contributed by atoms with Gasteiger partial charge in [0.15, 0.2) is 0 Å². The zero-order valence-electron chi connectivity index (χ0n) is 10.4. The van der Waals surface area contributed by atoms with Crippen LogP contribution in [0, 0.1) is 10.1 Å². The Bertz CT molecular complexity index is 673. The number of non-ortho nitro benzene ring substituents is 1. The van der Waals surface area contributed by atoms with E-state index in [4.69, 9.17) is 11.6 Å². The highest BCUT2D eigenvalue weighted by Crippen LogP contribution is 2.43. The average molecular weight is 291 g/mol. The molecule has 102 valence electrons. The van der Waals surface area contributed by atoms with Crippen LogP contribution >= 0.6 is 11.6 Å². The maximum Gasteiger partial charge on any atom is 0.271 e. The van der Waals surface area contributed by atoms with Gasteiger partial charge in [-0.2, -0.15) is 0 Å². The summed E-state index contributed by atoms with van der Waals surface area (Å²) in [6, 6.07) is 6.28. The van der Waals surface area contributed by atoms with Crippen molar-refractivity contribution in [1.29, 1.82) is 0 Å². The molecule has 0 amide bonds. The van der Waals surface area contributed by atoms with Gasteiger partial charge >= 0.3 is 0 Å². The lowest BCUT2D eigenvalue weighted by molar-refractivity contribution is -0.384. The SMILES string of the molecule is O=[N+]([O-])c1cccc(Nc2nc(Cl)ncc2C2CC2)c1. The number of rotatable bonds is 4. The van der Waals surface area contributed by atoms with Gasteiger partial charge in [0.25, 0.3) is 5.69 Å². The van der Waals surface area contributed by atoms with Crippen molar-refractivity contribution < 1.29 is 4.92 Å². The molecular weight excluding hydrogens is 280 g/mol. The number of nitrogens with zero attached hydrogens (tertiary/aromatic N) is 3. The molecular formula is C13H11ClN4O2. The molecule has 1 saturated carbocycles. The minimum atomic E-state index is -0.431. The first kappa shape index (κ1) is 12.8. The molecule has 0 radical (unpaired) electrons. The fourth-order valence-corrected chi connectivity index (χ4v) is 2.13. The molecule has 0 saturated heterocycles. The summed E-state index contributed by atoms with van der Waals surface area (Å²) in [6.07, 6.45) is 3.93. The Labute approximate surface area is 120 Å². The number of anilines is 2. The van der Waals surface area contributed by atoms with Gasteiger partial charge in [-0.15, -0.1) is 0 Å². The monoisotopic (exact) mass is 290 g/mol. The number of aromatic nitrogens is 2. The zero-order valence-corrected chi connectivity index (χ0v) is 11.2. The van der Waals surface area contributed by atoms with Gasteiger partial charge in [0.2, 0.25) is 5.28 Å². The van der Waals surface area contributed by atoms with Gasteiger partial charge in [0.1, 0.15) is 5.82 Å². The lowest BCUT2D eigenvalue weighted by Crippen LogP contribution is -2.00. The first-order valence-corrected chi connectivity index (χ1v) is 6.55. The molecule has 3 rings (SSSR count). The zero-order chi connectivity index (χ0) is 14.1. The maximum absolute atomic E-state index is 10.8. The Balaban J connectivity index is 1.92. The van der Waals surface area contributed by atoms with Gasteiger partial charge in [0, 0.05) is 29.6 Å². The number of nitrogens with one attached hydrogen (secondary N) is 1. The summed E-state index contributed by atoms with van der Waals surface area (Å²) in [4.78, 5) is 18.5. The minimum Gasteiger partial charge on any atom is -0.340 e. The molecule has 20 heavy (non-hydrogen) atoms. The van der Waals surface area contributed by atoms with Crippen LogP contribution in [-0.4, -0.2) is 14.9 Å². The quantitative estimate of drug-likeness (QED) is 0.528. The fourth-order valence-electron chi connectivity index (χ4n) is 2.00. The Morgan fingerprint density at radius 3 is 2.90 bits per heavy atom. The van der Waals surface area contributed by atoms with Gasteiger partial charge in [-0.25, -0.2) is 9.97 Å². The van der Waals surface area contributed by atoms with Crippen molar-refractivity contribution in [3.8, 4) is 0 Å². The Morgan fingerprint density at radius 1 is 1.40 bits per heavy atom. The van der Waals surface area contributed by atoms with Crippen molar-refractivity contribution in [2.24, 2.45) is 0 Å². The van der Waals surface area contributed by atoms with E-state index >= 15 is 0 Å². The molecule has 0 aliphatic heterocycles. The van der Waals surface area contributed by atoms with Crippen LogP contribution in [0.5, 0.6) is 0 Å². The van der Waals surface area contributed by atoms with E-state index in [1.165, 1.54) is 12.1 Å². The summed E-state index contributed by atoms with van der Waals surface area (Å²) in [5.74, 6) is 1.07. The molecule has 0 spiro atoms. The third kappa shape index (κ3) is 2.70. The second-order valence-corrected chi connectivity index (χ2v) is 4.99. The number of hydrogen-bond donors (Lipinski definition) is 1. The van der Waals surface area contributed by atoms with E-state index in [-0.39, 0.29) is 11.0 Å². The molecule has 0 bridgehead atoms. The predicted molar refractivity (Wildman–Crippen MR) is 75.4 cm³/mol. The molecule has 1 heterocycles. The summed E-state index contributed by atoms with van der Waals surface area (Å²) in [5.41, 5.74) is 1.64. The first-order chi connectivity index (χ1) is 9.63. The largest absolute Gasteiger partial charge is 0.340 e. The van der Waals surface area contributed by atoms with E-state index in [0.717, 1.165) is 18.4 Å². The van der Waals surface area contributed by atoms with Crippen molar-refractivity contribution in [3.63, 3.8) is 0 Å². The predicted octanol–water partition coefficient (Wildman–Crippen LogP) is 3.66. The van der Waals surface area contributed by atoms with Crippen molar-refractivity contribution >= 4 is 28.8 Å². The second-order valence-electron chi connectivity index (χ2n) is 4.65. The Hall–Kier alpha value is -2.21. The van der Waals surface area contributed by atoms with Crippen molar-refractivity contribution in [1.82, 2.24) is 9.97 Å². The van der Waals surface area contributed by atoms with Gasteiger partial charge in [-0.05, 0) is 36.4 Å². The second kappa shape index (κ2) is 5.05. The molecule has 1 aromatic carbocycles. The highest BCUT2D eigenvalue weighted by molar-refractivity contribution is 6.28. The fraction of sp³-hybridized carbons (Fsp3) is 0.231. The van der Waals surface area contributed by atoms with Gasteiger partial charge < -0.3 is 5.32 Å². The van der Waals surface area contributed by atoms with Gasteiger partial charge in [0.05, 0.1) is 4.92 Å². The molecule has 1 aromatic heterocycles. The standard InChI is InChI=1S/C13H11ClN4O2/c14-13-15-7-11(8-4-5-8)12(17-13)16-9-2-1-3-10(6-9)18(19)20/h1-3,6-8H,4-5H2,(H,15,16,17). The van der Waals surface area contributed by atoms with Crippen LogP contribution in [0.3, 0.4) is 0 Å². The van der Waals surface area contributed by atoms with Crippen LogP contribution in [0.25, 0.3) is 0 Å². The van der Waals surface area contributed by atoms with Crippen molar-refractivity contribution in [2.45, 2.75) is 18.8 Å². The Kier molecular flexibility index (Phi) is 3.23. The van der Waals surface area contributed by atoms with Gasteiger partial charge in [-0.3, -0.25) is 10.1 Å². The molecule has 0 unspecified atom stereocenters. The summed E-state index contributed by atoms with van der Waals surface area (Å²) >= 11 is 5.82. The van der Waals surface area contributed by atoms with E-state index in [9.17, 15) is 10.1 Å². The Morgan fingerprint density at radius 2 is 2.20 bits per heavy atom. The highest BCUT2D eigenvalue weighted by atomic mass is 35.5.